The van der Waals surface area contributed by atoms with Crippen LogP contribution in [0, 0.1) is 18.8 Å². The molecule has 0 radical (unpaired) electrons. The van der Waals surface area contributed by atoms with E-state index in [1.165, 1.54) is 0 Å². The third kappa shape index (κ3) is 3.47. The van der Waals surface area contributed by atoms with Gasteiger partial charge in [0, 0.05) is 28.9 Å². The second-order valence-electron chi connectivity index (χ2n) is 4.30. The maximum Gasteiger partial charge on any atom is 0.292 e. The van der Waals surface area contributed by atoms with Crippen LogP contribution in [0.1, 0.15) is 26.7 Å². The van der Waals surface area contributed by atoms with E-state index in [9.17, 15) is 4.79 Å². The van der Waals surface area contributed by atoms with Gasteiger partial charge in [0.25, 0.3) is 5.91 Å². The second-order valence-corrected chi connectivity index (χ2v) is 5.30. The standard InChI is InChI=1S/C14H15N3O2S/c1-10-6-13(19-16-10)14(18)17(2)8-12-7-11(9-20-12)4-3-5-15/h6-7,9H,5,8,15H2,1-2H3. The van der Waals surface area contributed by atoms with Crippen molar-refractivity contribution in [1.29, 1.82) is 0 Å². The molecular formula is C14H15N3O2S. The highest BCUT2D eigenvalue weighted by Gasteiger charge is 2.17. The smallest absolute Gasteiger partial charge is 0.292 e. The van der Waals surface area contributed by atoms with Crippen molar-refractivity contribution in [2.75, 3.05) is 13.6 Å². The Labute approximate surface area is 121 Å². The molecule has 2 aromatic rings. The fraction of sp³-hybridized carbons (Fsp3) is 0.286. The Bertz CT molecular complexity index is 663. The van der Waals surface area contributed by atoms with E-state index in [4.69, 9.17) is 10.3 Å². The van der Waals surface area contributed by atoms with Crippen molar-refractivity contribution in [3.8, 4) is 11.8 Å². The Morgan fingerprint density at radius 3 is 3.00 bits per heavy atom. The normalized spacial score (nSPS) is 9.95. The predicted molar refractivity (Wildman–Crippen MR) is 77.3 cm³/mol. The van der Waals surface area contributed by atoms with Crippen LogP contribution in [0.25, 0.3) is 0 Å². The van der Waals surface area contributed by atoms with Gasteiger partial charge in [-0.1, -0.05) is 17.0 Å². The van der Waals surface area contributed by atoms with E-state index in [2.05, 4.69) is 17.0 Å². The van der Waals surface area contributed by atoms with Gasteiger partial charge in [-0.15, -0.1) is 11.3 Å². The molecule has 2 aromatic heterocycles. The molecule has 6 heteroatoms. The van der Waals surface area contributed by atoms with Crippen LogP contribution in [0.2, 0.25) is 0 Å². The minimum Gasteiger partial charge on any atom is -0.351 e. The van der Waals surface area contributed by atoms with E-state index in [-0.39, 0.29) is 11.7 Å². The Balaban J connectivity index is 2.02. The Hall–Kier alpha value is -2.10. The van der Waals surface area contributed by atoms with Crippen molar-refractivity contribution < 1.29 is 9.32 Å². The third-order valence-electron chi connectivity index (χ3n) is 2.57. The number of aromatic nitrogens is 1. The fourth-order valence-electron chi connectivity index (χ4n) is 1.64. The van der Waals surface area contributed by atoms with Gasteiger partial charge in [0.1, 0.15) is 0 Å². The first kappa shape index (κ1) is 14.3. The third-order valence-corrected chi connectivity index (χ3v) is 3.49. The van der Waals surface area contributed by atoms with Crippen LogP contribution >= 0.6 is 11.3 Å². The molecule has 0 spiro atoms. The molecule has 2 N–H and O–H groups in total. The van der Waals surface area contributed by atoms with Crippen molar-refractivity contribution in [3.63, 3.8) is 0 Å². The lowest BCUT2D eigenvalue weighted by atomic mass is 10.3. The minimum atomic E-state index is -0.186. The molecule has 0 bridgehead atoms. The maximum absolute atomic E-state index is 12.1. The molecule has 1 amide bonds. The molecule has 0 unspecified atom stereocenters. The zero-order valence-electron chi connectivity index (χ0n) is 11.3. The topological polar surface area (TPSA) is 72.4 Å². The Morgan fingerprint density at radius 2 is 2.35 bits per heavy atom. The molecule has 2 rings (SSSR count). The number of hydrogen-bond acceptors (Lipinski definition) is 5. The summed E-state index contributed by atoms with van der Waals surface area (Å²) in [5.41, 5.74) is 6.95. The summed E-state index contributed by atoms with van der Waals surface area (Å²) in [7, 11) is 1.73. The van der Waals surface area contributed by atoms with Crippen LogP contribution in [0.3, 0.4) is 0 Å². The van der Waals surface area contributed by atoms with Gasteiger partial charge in [-0.05, 0) is 13.0 Å². The first-order valence-electron chi connectivity index (χ1n) is 6.05. The highest BCUT2D eigenvalue weighted by atomic mass is 32.1. The van der Waals surface area contributed by atoms with Crippen LogP contribution in [0.5, 0.6) is 0 Å². The van der Waals surface area contributed by atoms with E-state index in [1.54, 1.807) is 36.3 Å². The fourth-order valence-corrected chi connectivity index (χ4v) is 2.51. The first-order valence-corrected chi connectivity index (χ1v) is 6.93. The summed E-state index contributed by atoms with van der Waals surface area (Å²) in [6.07, 6.45) is 0. The van der Waals surface area contributed by atoms with Gasteiger partial charge in [0.15, 0.2) is 0 Å². The number of rotatable bonds is 3. The van der Waals surface area contributed by atoms with E-state index in [1.807, 2.05) is 11.4 Å². The van der Waals surface area contributed by atoms with Gasteiger partial charge < -0.3 is 15.2 Å². The summed E-state index contributed by atoms with van der Waals surface area (Å²) in [6, 6.07) is 3.59. The van der Waals surface area contributed by atoms with Gasteiger partial charge >= 0.3 is 0 Å². The number of nitrogens with zero attached hydrogens (tertiary/aromatic N) is 2. The summed E-state index contributed by atoms with van der Waals surface area (Å²) in [5, 5.41) is 5.67. The van der Waals surface area contributed by atoms with Gasteiger partial charge in [-0.25, -0.2) is 0 Å². The molecule has 5 nitrogen and oxygen atoms in total. The summed E-state index contributed by atoms with van der Waals surface area (Å²) in [6.45, 7) is 2.63. The number of carbonyl (C=O) groups excluding carboxylic acids is 1. The summed E-state index contributed by atoms with van der Waals surface area (Å²) in [4.78, 5) is 14.7. The van der Waals surface area contributed by atoms with Crippen LogP contribution in [-0.2, 0) is 6.54 Å². The van der Waals surface area contributed by atoms with E-state index in [0.29, 0.717) is 18.8 Å². The van der Waals surface area contributed by atoms with Gasteiger partial charge in [-0.3, -0.25) is 4.79 Å². The van der Waals surface area contributed by atoms with Crippen molar-refractivity contribution in [3.05, 3.63) is 39.4 Å². The van der Waals surface area contributed by atoms with Gasteiger partial charge in [-0.2, -0.15) is 0 Å². The van der Waals surface area contributed by atoms with E-state index < -0.39 is 0 Å². The predicted octanol–water partition coefficient (Wildman–Crippen LogP) is 1.63. The van der Waals surface area contributed by atoms with E-state index >= 15 is 0 Å². The van der Waals surface area contributed by atoms with Crippen molar-refractivity contribution in [2.45, 2.75) is 13.5 Å². The van der Waals surface area contributed by atoms with Gasteiger partial charge in [0.2, 0.25) is 5.76 Å². The SMILES string of the molecule is Cc1cc(C(=O)N(C)Cc2cc(C#CCN)cs2)on1. The number of thiophene rings is 1. The molecule has 0 aliphatic heterocycles. The number of hydrogen-bond donors (Lipinski definition) is 1. The molecule has 0 aliphatic carbocycles. The zero-order valence-corrected chi connectivity index (χ0v) is 12.2. The Kier molecular flexibility index (Phi) is 4.56. The van der Waals surface area contributed by atoms with Crippen LogP contribution in [0.4, 0.5) is 0 Å². The summed E-state index contributed by atoms with van der Waals surface area (Å²) < 4.78 is 4.97. The Morgan fingerprint density at radius 1 is 1.55 bits per heavy atom. The molecule has 2 heterocycles. The molecule has 0 saturated carbocycles. The lowest BCUT2D eigenvalue weighted by Crippen LogP contribution is -2.25. The number of carbonyl (C=O) groups is 1. The maximum atomic E-state index is 12.1. The highest BCUT2D eigenvalue weighted by Crippen LogP contribution is 2.17. The highest BCUT2D eigenvalue weighted by molar-refractivity contribution is 7.10. The molecule has 0 saturated heterocycles. The molecule has 20 heavy (non-hydrogen) atoms. The van der Waals surface area contributed by atoms with E-state index in [0.717, 1.165) is 10.4 Å². The number of aryl methyl sites for hydroxylation is 1. The molecule has 0 fully saturated rings. The molecule has 104 valence electrons. The van der Waals surface area contributed by atoms with Crippen LogP contribution in [0.15, 0.2) is 22.0 Å². The van der Waals surface area contributed by atoms with Gasteiger partial charge in [0.05, 0.1) is 18.8 Å². The lowest BCUT2D eigenvalue weighted by molar-refractivity contribution is 0.0745. The average molecular weight is 289 g/mol. The lowest BCUT2D eigenvalue weighted by Gasteiger charge is -2.13. The summed E-state index contributed by atoms with van der Waals surface area (Å²) >= 11 is 1.56. The molecule has 0 atom stereocenters. The number of nitrogens with two attached hydrogens (primary N) is 1. The van der Waals surface area contributed by atoms with Crippen molar-refractivity contribution in [1.82, 2.24) is 10.1 Å². The van der Waals surface area contributed by atoms with Crippen molar-refractivity contribution >= 4 is 17.2 Å². The van der Waals surface area contributed by atoms with Crippen LogP contribution in [-0.4, -0.2) is 29.6 Å². The molecule has 0 aliphatic rings. The quantitative estimate of drug-likeness (QED) is 0.872. The molecular weight excluding hydrogens is 274 g/mol. The zero-order chi connectivity index (χ0) is 14.5. The second kappa shape index (κ2) is 6.37. The molecule has 0 aromatic carbocycles. The average Bonchev–Trinajstić information content (AvgIpc) is 3.04. The first-order chi connectivity index (χ1) is 9.60. The number of amides is 1. The minimum absolute atomic E-state index is 0.186. The largest absolute Gasteiger partial charge is 0.351 e. The van der Waals surface area contributed by atoms with Crippen molar-refractivity contribution in [2.24, 2.45) is 5.73 Å². The van der Waals surface area contributed by atoms with Crippen LogP contribution < -0.4 is 5.73 Å². The monoisotopic (exact) mass is 289 g/mol. The summed E-state index contributed by atoms with van der Waals surface area (Å²) in [5.74, 6) is 5.84.